The third kappa shape index (κ3) is 5.07. The van der Waals surface area contributed by atoms with Crippen LogP contribution in [0.5, 0.6) is 5.75 Å². The van der Waals surface area contributed by atoms with Gasteiger partial charge in [0.15, 0.2) is 0 Å². The number of aliphatic imine (C=N–C) groups is 1. The summed E-state index contributed by atoms with van der Waals surface area (Å²) in [5.74, 6) is 1.22. The van der Waals surface area contributed by atoms with Crippen LogP contribution in [-0.4, -0.2) is 54.1 Å². The highest BCUT2D eigenvalue weighted by atomic mass is 16.5. The second kappa shape index (κ2) is 10.7. The number of fused-ring (bicyclic) bond motifs is 2. The maximum Gasteiger partial charge on any atom is 0.251 e. The molecular formula is C26H32N4O4. The molecule has 0 saturated carbocycles. The van der Waals surface area contributed by atoms with E-state index in [1.54, 1.807) is 9.80 Å². The Kier molecular flexibility index (Phi) is 7.47. The fraction of sp³-hybridized carbons (Fsp3) is 0.423. The molecule has 34 heavy (non-hydrogen) atoms. The predicted octanol–water partition coefficient (Wildman–Crippen LogP) is 3.28. The number of aliphatic hydroxyl groups excluding tert-OH is 1. The van der Waals surface area contributed by atoms with Crippen molar-refractivity contribution in [1.82, 2.24) is 10.2 Å². The molecule has 0 spiro atoms. The number of hydrogen-bond donors (Lipinski definition) is 2. The zero-order valence-electron chi connectivity index (χ0n) is 19.8. The van der Waals surface area contributed by atoms with Gasteiger partial charge in [-0.3, -0.25) is 14.9 Å². The molecule has 1 atom stereocenters. The molecule has 180 valence electrons. The van der Waals surface area contributed by atoms with E-state index in [0.29, 0.717) is 25.5 Å². The number of anilines is 1. The van der Waals surface area contributed by atoms with E-state index >= 15 is 0 Å². The normalized spacial score (nSPS) is 16.4. The molecule has 0 aliphatic carbocycles. The van der Waals surface area contributed by atoms with E-state index in [1.165, 1.54) is 0 Å². The topological polar surface area (TPSA) is 94.5 Å². The van der Waals surface area contributed by atoms with Crippen LogP contribution in [0.4, 0.5) is 11.4 Å². The van der Waals surface area contributed by atoms with Crippen molar-refractivity contribution in [3.8, 4) is 5.75 Å². The van der Waals surface area contributed by atoms with Crippen LogP contribution in [0, 0.1) is 6.92 Å². The molecule has 0 bridgehead atoms. The molecule has 2 aliphatic heterocycles. The first kappa shape index (κ1) is 23.8. The van der Waals surface area contributed by atoms with Gasteiger partial charge >= 0.3 is 0 Å². The van der Waals surface area contributed by atoms with Gasteiger partial charge in [-0.15, -0.1) is 0 Å². The Morgan fingerprint density at radius 3 is 2.71 bits per heavy atom. The van der Waals surface area contributed by atoms with E-state index in [4.69, 9.17) is 4.74 Å². The highest BCUT2D eigenvalue weighted by molar-refractivity contribution is 6.07. The van der Waals surface area contributed by atoms with Crippen LogP contribution in [0.3, 0.4) is 0 Å². The second-order valence-electron chi connectivity index (χ2n) is 8.74. The van der Waals surface area contributed by atoms with Crippen molar-refractivity contribution in [2.75, 3.05) is 25.2 Å². The standard InChI is InChI=1S/C26H32N4O4/c1-18-20-16-30-22(17-31)25(33)28-26(30)27-21(20)13-14-23(18)34-15-9-4-3-8-12-24(32)29(2)19-10-6-5-7-11-19/h5-7,10-11,13-14,22,31H,3-4,8-9,12,15-17H2,1-2H3,(H,27,28,33). The lowest BCUT2D eigenvalue weighted by Crippen LogP contribution is -2.39. The van der Waals surface area contributed by atoms with Crippen LogP contribution in [0.2, 0.25) is 0 Å². The van der Waals surface area contributed by atoms with Gasteiger partial charge in [-0.05, 0) is 49.6 Å². The minimum Gasteiger partial charge on any atom is -0.493 e. The summed E-state index contributed by atoms with van der Waals surface area (Å²) in [4.78, 5) is 32.4. The van der Waals surface area contributed by atoms with Crippen molar-refractivity contribution < 1.29 is 19.4 Å². The van der Waals surface area contributed by atoms with Gasteiger partial charge < -0.3 is 19.6 Å². The molecular weight excluding hydrogens is 432 g/mol. The number of hydrogen-bond acceptors (Lipinski definition) is 6. The number of para-hydroxylation sites is 1. The van der Waals surface area contributed by atoms with Crippen LogP contribution >= 0.6 is 0 Å². The predicted molar refractivity (Wildman–Crippen MR) is 131 cm³/mol. The molecule has 2 aliphatic rings. The van der Waals surface area contributed by atoms with E-state index in [0.717, 1.165) is 53.9 Å². The number of nitrogens with one attached hydrogen (secondary N) is 1. The van der Waals surface area contributed by atoms with E-state index in [2.05, 4.69) is 10.3 Å². The Morgan fingerprint density at radius 2 is 1.94 bits per heavy atom. The summed E-state index contributed by atoms with van der Waals surface area (Å²) in [5, 5.41) is 12.3. The third-order valence-electron chi connectivity index (χ3n) is 6.50. The van der Waals surface area contributed by atoms with Crippen molar-refractivity contribution in [3.63, 3.8) is 0 Å². The van der Waals surface area contributed by atoms with Crippen LogP contribution in [0.15, 0.2) is 47.5 Å². The molecule has 1 unspecified atom stereocenters. The van der Waals surface area contributed by atoms with Crippen molar-refractivity contribution in [2.24, 2.45) is 4.99 Å². The highest BCUT2D eigenvalue weighted by Crippen LogP contribution is 2.35. The van der Waals surface area contributed by atoms with Crippen LogP contribution < -0.4 is 15.0 Å². The van der Waals surface area contributed by atoms with E-state index in [1.807, 2.05) is 56.4 Å². The minimum absolute atomic E-state index is 0.135. The Morgan fingerprint density at radius 1 is 1.18 bits per heavy atom. The zero-order chi connectivity index (χ0) is 24.1. The van der Waals surface area contributed by atoms with Gasteiger partial charge in [0, 0.05) is 31.3 Å². The van der Waals surface area contributed by atoms with Crippen molar-refractivity contribution in [2.45, 2.75) is 51.6 Å². The SMILES string of the molecule is Cc1c(OCCCCCCC(=O)N(C)c2ccccc2)ccc2c1CN1C(=N2)NC(=O)C1CO. The summed E-state index contributed by atoms with van der Waals surface area (Å²) in [5.41, 5.74) is 3.76. The van der Waals surface area contributed by atoms with Gasteiger partial charge in [-0.1, -0.05) is 31.0 Å². The minimum atomic E-state index is -0.602. The number of rotatable bonds is 10. The Hall–Kier alpha value is -3.39. The van der Waals surface area contributed by atoms with Crippen LogP contribution in [-0.2, 0) is 16.1 Å². The lowest BCUT2D eigenvalue weighted by atomic mass is 10.0. The average Bonchev–Trinajstić information content (AvgIpc) is 3.17. The molecule has 1 fully saturated rings. The first-order valence-electron chi connectivity index (χ1n) is 11.8. The summed E-state index contributed by atoms with van der Waals surface area (Å²) in [7, 11) is 1.82. The van der Waals surface area contributed by atoms with Gasteiger partial charge in [-0.25, -0.2) is 4.99 Å². The smallest absolute Gasteiger partial charge is 0.251 e. The number of nitrogens with zero attached hydrogens (tertiary/aromatic N) is 3. The van der Waals surface area contributed by atoms with E-state index in [9.17, 15) is 14.7 Å². The summed E-state index contributed by atoms with van der Waals surface area (Å²) >= 11 is 0. The second-order valence-corrected chi connectivity index (χ2v) is 8.74. The number of unbranched alkanes of at least 4 members (excludes halogenated alkanes) is 3. The highest BCUT2D eigenvalue weighted by Gasteiger charge is 2.39. The first-order chi connectivity index (χ1) is 16.5. The number of carbonyl (C=O) groups is 2. The molecule has 2 heterocycles. The van der Waals surface area contributed by atoms with Gasteiger partial charge in [-0.2, -0.15) is 0 Å². The van der Waals surface area contributed by atoms with Crippen LogP contribution in [0.1, 0.15) is 43.2 Å². The number of carbonyl (C=O) groups excluding carboxylic acids is 2. The number of benzene rings is 2. The monoisotopic (exact) mass is 464 g/mol. The van der Waals surface area contributed by atoms with E-state index in [-0.39, 0.29) is 18.4 Å². The molecule has 8 heteroatoms. The van der Waals surface area contributed by atoms with Gasteiger partial charge in [0.1, 0.15) is 11.8 Å². The van der Waals surface area contributed by atoms with Crippen molar-refractivity contribution in [1.29, 1.82) is 0 Å². The molecule has 2 N–H and O–H groups in total. The summed E-state index contributed by atoms with van der Waals surface area (Å²) in [6, 6.07) is 12.9. The van der Waals surface area contributed by atoms with Crippen molar-refractivity contribution in [3.05, 3.63) is 53.6 Å². The maximum absolute atomic E-state index is 12.4. The Balaban J connectivity index is 1.20. The number of amides is 2. The summed E-state index contributed by atoms with van der Waals surface area (Å²) < 4.78 is 6.04. The van der Waals surface area contributed by atoms with Crippen LogP contribution in [0.25, 0.3) is 0 Å². The molecule has 0 radical (unpaired) electrons. The first-order valence-corrected chi connectivity index (χ1v) is 11.8. The fourth-order valence-electron chi connectivity index (χ4n) is 4.36. The lowest BCUT2D eigenvalue weighted by molar-refractivity contribution is -0.122. The lowest BCUT2D eigenvalue weighted by Gasteiger charge is -2.28. The quantitative estimate of drug-likeness (QED) is 0.526. The largest absolute Gasteiger partial charge is 0.493 e. The van der Waals surface area contributed by atoms with Gasteiger partial charge in [0.05, 0.1) is 18.9 Å². The third-order valence-corrected chi connectivity index (χ3v) is 6.50. The number of ether oxygens (including phenoxy) is 1. The molecule has 2 aromatic carbocycles. The van der Waals surface area contributed by atoms with Gasteiger partial charge in [0.25, 0.3) is 5.91 Å². The van der Waals surface area contributed by atoms with Gasteiger partial charge in [0.2, 0.25) is 11.9 Å². The molecule has 2 aromatic rings. The molecule has 2 amide bonds. The zero-order valence-corrected chi connectivity index (χ0v) is 19.8. The average molecular weight is 465 g/mol. The maximum atomic E-state index is 12.4. The molecule has 8 nitrogen and oxygen atoms in total. The molecule has 0 aromatic heterocycles. The fourth-order valence-corrected chi connectivity index (χ4v) is 4.36. The molecule has 1 saturated heterocycles. The number of guanidine groups is 1. The van der Waals surface area contributed by atoms with Crippen molar-refractivity contribution >= 4 is 29.1 Å². The summed E-state index contributed by atoms with van der Waals surface area (Å²) in [6.45, 7) is 2.87. The number of aliphatic hydroxyl groups is 1. The molecule has 4 rings (SSSR count). The Bertz CT molecular complexity index is 1070. The van der Waals surface area contributed by atoms with E-state index < -0.39 is 6.04 Å². The summed E-state index contributed by atoms with van der Waals surface area (Å²) in [6.07, 6.45) is 4.31. The Labute approximate surface area is 200 Å².